The Morgan fingerprint density at radius 2 is 2.08 bits per heavy atom. The number of carbonyl (C=O) groups is 2. The van der Waals surface area contributed by atoms with Gasteiger partial charge >= 0.3 is 5.97 Å². The Balaban J connectivity index is 2.96. The van der Waals surface area contributed by atoms with E-state index >= 15 is 0 Å². The maximum absolute atomic E-state index is 12.5. The van der Waals surface area contributed by atoms with Crippen molar-refractivity contribution in [3.8, 4) is 12.3 Å². The number of ether oxygens (including phenoxy) is 1. The van der Waals surface area contributed by atoms with Gasteiger partial charge in [0.25, 0.3) is 0 Å². The molecule has 0 aliphatic heterocycles. The monoisotopic (exact) mass is 328 g/mol. The Morgan fingerprint density at radius 3 is 2.62 bits per heavy atom. The van der Waals surface area contributed by atoms with E-state index in [0.29, 0.717) is 17.6 Å². The predicted octanol–water partition coefficient (Wildman–Crippen LogP) is 3.81. The third-order valence-electron chi connectivity index (χ3n) is 4.02. The lowest BCUT2D eigenvalue weighted by Crippen LogP contribution is -2.39. The van der Waals surface area contributed by atoms with Gasteiger partial charge in [-0.1, -0.05) is 39.0 Å². The van der Waals surface area contributed by atoms with Crippen molar-refractivity contribution in [2.45, 2.75) is 46.1 Å². The highest BCUT2D eigenvalue weighted by Crippen LogP contribution is 2.40. The summed E-state index contributed by atoms with van der Waals surface area (Å²) in [5, 5.41) is 9.04. The fourth-order valence-electron chi connectivity index (χ4n) is 2.69. The molecule has 0 spiro atoms. The molecule has 1 N–H and O–H groups in total. The number of Topliss-reactive ketones (excluding diaryl/α,β-unsaturated/α-hetero) is 1. The zero-order valence-corrected chi connectivity index (χ0v) is 14.5. The lowest BCUT2D eigenvalue weighted by Gasteiger charge is -2.36. The van der Waals surface area contributed by atoms with Crippen molar-refractivity contribution in [3.05, 3.63) is 47.8 Å². The second kappa shape index (κ2) is 7.83. The van der Waals surface area contributed by atoms with E-state index in [1.807, 2.05) is 19.9 Å². The average Bonchev–Trinajstić information content (AvgIpc) is 2.49. The highest BCUT2D eigenvalue weighted by Gasteiger charge is 2.39. The molecule has 0 bridgehead atoms. The molecule has 0 aromatic rings. The molecule has 0 aromatic heterocycles. The summed E-state index contributed by atoms with van der Waals surface area (Å²) in [5.41, 5.74) is 1.59. The van der Waals surface area contributed by atoms with Gasteiger partial charge in [-0.15, -0.1) is 6.42 Å². The summed E-state index contributed by atoms with van der Waals surface area (Å²) in [5.74, 6) is 1.61. The Labute approximate surface area is 143 Å². The number of carbonyl (C=O) groups excluding carboxylic acids is 2. The fraction of sp³-hybridized carbons (Fsp3) is 0.400. The number of aliphatic hydroxyl groups is 1. The summed E-state index contributed by atoms with van der Waals surface area (Å²) in [6, 6.07) is 0. The molecule has 1 rings (SSSR count). The van der Waals surface area contributed by atoms with Crippen molar-refractivity contribution in [2.24, 2.45) is 5.41 Å². The van der Waals surface area contributed by atoms with E-state index < -0.39 is 12.1 Å². The second-order valence-electron chi connectivity index (χ2n) is 6.54. The Kier molecular flexibility index (Phi) is 6.36. The molecule has 4 heteroatoms. The number of hydrogen-bond acceptors (Lipinski definition) is 4. The molecule has 0 radical (unpaired) electrons. The standard InChI is InChI=1S/C20H24O4/c1-7-13(2)8-10-16-15(4)19(23)17(12-20(16,5)6)24-18(22)11-9-14(3)21/h1,8,10,17,21H,2-3,9,11-12H2,4-6H3/b10-8+. The lowest BCUT2D eigenvalue weighted by atomic mass is 9.71. The van der Waals surface area contributed by atoms with Crippen LogP contribution in [0, 0.1) is 17.8 Å². The first-order valence-corrected chi connectivity index (χ1v) is 7.74. The van der Waals surface area contributed by atoms with Gasteiger partial charge in [0, 0.05) is 18.4 Å². The van der Waals surface area contributed by atoms with Crippen LogP contribution in [-0.2, 0) is 14.3 Å². The van der Waals surface area contributed by atoms with Crippen molar-refractivity contribution < 1.29 is 19.4 Å². The van der Waals surface area contributed by atoms with Gasteiger partial charge in [-0.3, -0.25) is 9.59 Å². The average molecular weight is 328 g/mol. The van der Waals surface area contributed by atoms with Crippen LogP contribution < -0.4 is 0 Å². The SMILES string of the molecule is C#CC(=C)/C=C/C1=C(C)C(=O)C(OC(=O)CCC(=C)O)CC1(C)C. The first-order valence-electron chi connectivity index (χ1n) is 7.74. The lowest BCUT2D eigenvalue weighted by molar-refractivity contribution is -0.156. The van der Waals surface area contributed by atoms with Crippen LogP contribution in [0.3, 0.4) is 0 Å². The number of esters is 1. The van der Waals surface area contributed by atoms with Crippen LogP contribution in [0.25, 0.3) is 0 Å². The summed E-state index contributed by atoms with van der Waals surface area (Å²) in [4.78, 5) is 24.3. The van der Waals surface area contributed by atoms with Crippen molar-refractivity contribution >= 4 is 11.8 Å². The van der Waals surface area contributed by atoms with Crippen molar-refractivity contribution in [1.82, 2.24) is 0 Å². The number of rotatable bonds is 6. The van der Waals surface area contributed by atoms with Crippen LogP contribution in [0.15, 0.2) is 47.8 Å². The molecule has 4 nitrogen and oxygen atoms in total. The minimum Gasteiger partial charge on any atom is -0.513 e. The van der Waals surface area contributed by atoms with E-state index in [9.17, 15) is 9.59 Å². The third-order valence-corrected chi connectivity index (χ3v) is 4.02. The summed E-state index contributed by atoms with van der Waals surface area (Å²) >= 11 is 0. The summed E-state index contributed by atoms with van der Waals surface area (Å²) in [6.07, 6.45) is 8.48. The number of ketones is 1. The van der Waals surface area contributed by atoms with E-state index in [1.54, 1.807) is 13.0 Å². The van der Waals surface area contributed by atoms with Gasteiger partial charge < -0.3 is 9.84 Å². The molecule has 0 heterocycles. The van der Waals surface area contributed by atoms with E-state index in [-0.39, 0.29) is 29.8 Å². The summed E-state index contributed by atoms with van der Waals surface area (Å²) in [7, 11) is 0. The smallest absolute Gasteiger partial charge is 0.306 e. The molecule has 1 aliphatic rings. The molecule has 0 aromatic carbocycles. The zero-order valence-electron chi connectivity index (χ0n) is 14.5. The number of allylic oxidation sites excluding steroid dienone is 5. The molecule has 0 saturated carbocycles. The molecule has 24 heavy (non-hydrogen) atoms. The Morgan fingerprint density at radius 1 is 1.46 bits per heavy atom. The first kappa shape index (κ1) is 19.5. The van der Waals surface area contributed by atoms with Crippen molar-refractivity contribution in [1.29, 1.82) is 0 Å². The second-order valence-corrected chi connectivity index (χ2v) is 6.54. The fourth-order valence-corrected chi connectivity index (χ4v) is 2.69. The van der Waals surface area contributed by atoms with Crippen molar-refractivity contribution in [2.75, 3.05) is 0 Å². The predicted molar refractivity (Wildman–Crippen MR) is 94.1 cm³/mol. The van der Waals surface area contributed by atoms with Crippen LogP contribution >= 0.6 is 0 Å². The summed E-state index contributed by atoms with van der Waals surface area (Å²) in [6.45, 7) is 12.7. The van der Waals surface area contributed by atoms with Crippen LogP contribution in [0.5, 0.6) is 0 Å². The van der Waals surface area contributed by atoms with E-state index in [4.69, 9.17) is 16.3 Å². The largest absolute Gasteiger partial charge is 0.513 e. The topological polar surface area (TPSA) is 63.6 Å². The van der Waals surface area contributed by atoms with Gasteiger partial charge in [0.1, 0.15) is 0 Å². The molecule has 1 unspecified atom stereocenters. The highest BCUT2D eigenvalue weighted by molar-refractivity contribution is 6.01. The van der Waals surface area contributed by atoms with Gasteiger partial charge in [-0.25, -0.2) is 0 Å². The minimum atomic E-state index is -0.813. The number of hydrogen-bond donors (Lipinski definition) is 1. The third kappa shape index (κ3) is 4.99. The van der Waals surface area contributed by atoms with Gasteiger partial charge in [-0.05, 0) is 29.6 Å². The summed E-state index contributed by atoms with van der Waals surface area (Å²) < 4.78 is 5.31. The number of aliphatic hydroxyl groups excluding tert-OH is 1. The van der Waals surface area contributed by atoms with E-state index in [0.717, 1.165) is 5.57 Å². The minimum absolute atomic E-state index is 0.00292. The van der Waals surface area contributed by atoms with Crippen LogP contribution in [0.4, 0.5) is 0 Å². The van der Waals surface area contributed by atoms with Gasteiger partial charge in [0.15, 0.2) is 11.9 Å². The van der Waals surface area contributed by atoms with E-state index in [2.05, 4.69) is 19.1 Å². The molecule has 128 valence electrons. The molecule has 0 fully saturated rings. The first-order chi connectivity index (χ1) is 11.1. The molecule has 1 aliphatic carbocycles. The van der Waals surface area contributed by atoms with Crippen LogP contribution in [0.1, 0.15) is 40.0 Å². The Bertz CT molecular complexity index is 668. The van der Waals surface area contributed by atoms with Crippen molar-refractivity contribution in [3.63, 3.8) is 0 Å². The highest BCUT2D eigenvalue weighted by atomic mass is 16.5. The van der Waals surface area contributed by atoms with Crippen LogP contribution in [0.2, 0.25) is 0 Å². The quantitative estimate of drug-likeness (QED) is 0.348. The van der Waals surface area contributed by atoms with Gasteiger partial charge in [-0.2, -0.15) is 0 Å². The van der Waals surface area contributed by atoms with Gasteiger partial charge in [0.05, 0.1) is 12.2 Å². The maximum Gasteiger partial charge on any atom is 0.306 e. The van der Waals surface area contributed by atoms with E-state index in [1.165, 1.54) is 0 Å². The normalized spacial score (nSPS) is 19.9. The molecule has 1 atom stereocenters. The molecular weight excluding hydrogens is 304 g/mol. The molecule has 0 saturated heterocycles. The molecule has 0 amide bonds. The number of terminal acetylenes is 1. The molecular formula is C20H24O4. The van der Waals surface area contributed by atoms with Crippen LogP contribution in [-0.4, -0.2) is 23.0 Å². The Hall–Kier alpha value is -2.54. The van der Waals surface area contributed by atoms with Gasteiger partial charge in [0.2, 0.25) is 0 Å². The zero-order chi connectivity index (χ0) is 18.5. The maximum atomic E-state index is 12.5.